The maximum absolute atomic E-state index is 13.7. The number of methoxy groups -OCH3 is 1. The molecule has 0 saturated heterocycles. The van der Waals surface area contributed by atoms with Crippen LogP contribution in [-0.4, -0.2) is 52.2 Å². The Morgan fingerprint density at radius 3 is 2.43 bits per heavy atom. The molecule has 0 unspecified atom stereocenters. The molecule has 1 aromatic carbocycles. The molecule has 21 heavy (non-hydrogen) atoms. The van der Waals surface area contributed by atoms with E-state index in [-0.39, 0.29) is 18.0 Å². The van der Waals surface area contributed by atoms with Gasteiger partial charge in [-0.05, 0) is 12.1 Å². The van der Waals surface area contributed by atoms with Gasteiger partial charge in [-0.15, -0.1) is 0 Å². The van der Waals surface area contributed by atoms with Gasteiger partial charge in [0, 0.05) is 20.6 Å². The quantitative estimate of drug-likeness (QED) is 0.793. The second-order valence-corrected chi connectivity index (χ2v) is 6.61. The lowest BCUT2D eigenvalue weighted by Gasteiger charge is -2.13. The van der Waals surface area contributed by atoms with E-state index < -0.39 is 33.2 Å². The molecule has 9 heteroatoms. The van der Waals surface area contributed by atoms with E-state index >= 15 is 0 Å². The Labute approximate surface area is 121 Å². The van der Waals surface area contributed by atoms with Crippen LogP contribution >= 0.6 is 0 Å². The third-order valence-electron chi connectivity index (χ3n) is 2.72. The molecule has 1 aromatic rings. The number of hydrogen-bond acceptors (Lipinski definition) is 5. The van der Waals surface area contributed by atoms with Gasteiger partial charge in [0.25, 0.3) is 0 Å². The highest BCUT2D eigenvalue weighted by molar-refractivity contribution is 7.89. The number of nitrogens with zero attached hydrogens (tertiary/aromatic N) is 1. The lowest BCUT2D eigenvalue weighted by atomic mass is 10.2. The third kappa shape index (κ3) is 4.11. The number of carbonyl (C=O) groups is 1. The molecule has 0 aliphatic heterocycles. The summed E-state index contributed by atoms with van der Waals surface area (Å²) in [4.78, 5) is 11.2. The molecule has 0 atom stereocenters. The van der Waals surface area contributed by atoms with E-state index in [9.17, 15) is 22.0 Å². The molecule has 0 radical (unpaired) electrons. The zero-order valence-corrected chi connectivity index (χ0v) is 12.6. The number of esters is 1. The summed E-state index contributed by atoms with van der Waals surface area (Å²) in [5.74, 6) is -3.88. The SMILES string of the molecule is COC(=O)c1ccc(NCCS(=O)(=O)N(C)C)c(F)c1F. The topological polar surface area (TPSA) is 75.7 Å². The molecule has 0 fully saturated rings. The maximum atomic E-state index is 13.7. The van der Waals surface area contributed by atoms with Crippen LogP contribution in [0.25, 0.3) is 0 Å². The van der Waals surface area contributed by atoms with Crippen LogP contribution in [0, 0.1) is 11.6 Å². The van der Waals surface area contributed by atoms with Gasteiger partial charge in [-0.3, -0.25) is 0 Å². The number of carbonyl (C=O) groups excluding carboxylic acids is 1. The van der Waals surface area contributed by atoms with Gasteiger partial charge in [-0.1, -0.05) is 0 Å². The summed E-state index contributed by atoms with van der Waals surface area (Å²) < 4.78 is 55.7. The zero-order chi connectivity index (χ0) is 16.2. The summed E-state index contributed by atoms with van der Waals surface area (Å²) in [7, 11) is 0.369. The fourth-order valence-corrected chi connectivity index (χ4v) is 2.18. The highest BCUT2D eigenvalue weighted by Crippen LogP contribution is 2.21. The first kappa shape index (κ1) is 17.3. The highest BCUT2D eigenvalue weighted by Gasteiger charge is 2.19. The van der Waals surface area contributed by atoms with E-state index in [1.165, 1.54) is 14.1 Å². The summed E-state index contributed by atoms with van der Waals surface area (Å²) >= 11 is 0. The molecule has 1 rings (SSSR count). The van der Waals surface area contributed by atoms with E-state index in [4.69, 9.17) is 0 Å². The lowest BCUT2D eigenvalue weighted by molar-refractivity contribution is 0.0594. The number of nitrogens with one attached hydrogen (secondary N) is 1. The van der Waals surface area contributed by atoms with E-state index in [0.29, 0.717) is 0 Å². The zero-order valence-electron chi connectivity index (χ0n) is 11.8. The average molecular weight is 322 g/mol. The first-order valence-corrected chi connectivity index (χ1v) is 7.52. The molecular formula is C12H16F2N2O4S. The smallest absolute Gasteiger partial charge is 0.340 e. The van der Waals surface area contributed by atoms with Crippen LogP contribution in [0.3, 0.4) is 0 Å². The molecule has 118 valence electrons. The molecular weight excluding hydrogens is 306 g/mol. The summed E-state index contributed by atoms with van der Waals surface area (Å²) in [5.41, 5.74) is -0.754. The van der Waals surface area contributed by atoms with E-state index in [2.05, 4.69) is 10.1 Å². The number of rotatable bonds is 6. The Kier molecular flexibility index (Phi) is 5.62. The average Bonchev–Trinajstić information content (AvgIpc) is 2.42. The van der Waals surface area contributed by atoms with Crippen molar-refractivity contribution in [3.63, 3.8) is 0 Å². The van der Waals surface area contributed by atoms with Crippen molar-refractivity contribution in [1.29, 1.82) is 0 Å². The number of hydrogen-bond donors (Lipinski definition) is 1. The molecule has 6 nitrogen and oxygen atoms in total. The summed E-state index contributed by atoms with van der Waals surface area (Å²) in [5, 5.41) is 2.48. The standard InChI is InChI=1S/C12H16F2N2O4S/c1-16(2)21(18,19)7-6-15-9-5-4-8(12(17)20-3)10(13)11(9)14/h4-5,15H,6-7H2,1-3H3. The van der Waals surface area contributed by atoms with Crippen molar-refractivity contribution in [3.05, 3.63) is 29.3 Å². The van der Waals surface area contributed by atoms with Gasteiger partial charge >= 0.3 is 5.97 Å². The van der Waals surface area contributed by atoms with Crippen molar-refractivity contribution in [2.24, 2.45) is 0 Å². The Morgan fingerprint density at radius 2 is 1.90 bits per heavy atom. The molecule has 0 bridgehead atoms. The predicted molar refractivity (Wildman–Crippen MR) is 73.7 cm³/mol. The van der Waals surface area contributed by atoms with Crippen molar-refractivity contribution in [3.8, 4) is 0 Å². The Bertz CT molecular complexity index is 632. The number of sulfonamides is 1. The minimum Gasteiger partial charge on any atom is -0.465 e. The van der Waals surface area contributed by atoms with Crippen molar-refractivity contribution >= 4 is 21.7 Å². The van der Waals surface area contributed by atoms with Gasteiger partial charge in [0.2, 0.25) is 10.0 Å². The van der Waals surface area contributed by atoms with Crippen LogP contribution in [-0.2, 0) is 14.8 Å². The fourth-order valence-electron chi connectivity index (χ4n) is 1.45. The number of halogens is 2. The van der Waals surface area contributed by atoms with Crippen molar-refractivity contribution in [1.82, 2.24) is 4.31 Å². The molecule has 0 amide bonds. The van der Waals surface area contributed by atoms with Gasteiger partial charge < -0.3 is 10.1 Å². The first-order chi connectivity index (χ1) is 9.70. The third-order valence-corrected chi connectivity index (χ3v) is 4.55. The van der Waals surface area contributed by atoms with E-state index in [1.54, 1.807) is 0 Å². The molecule has 0 heterocycles. The summed E-state index contributed by atoms with van der Waals surface area (Å²) in [6, 6.07) is 2.21. The lowest BCUT2D eigenvalue weighted by Crippen LogP contribution is -2.28. The predicted octanol–water partition coefficient (Wildman–Crippen LogP) is 1.05. The van der Waals surface area contributed by atoms with E-state index in [1.807, 2.05) is 0 Å². The van der Waals surface area contributed by atoms with E-state index in [0.717, 1.165) is 23.5 Å². The highest BCUT2D eigenvalue weighted by atomic mass is 32.2. The minimum atomic E-state index is -3.44. The number of anilines is 1. The number of benzene rings is 1. The van der Waals surface area contributed by atoms with Gasteiger partial charge in [-0.25, -0.2) is 26.3 Å². The fraction of sp³-hybridized carbons (Fsp3) is 0.417. The largest absolute Gasteiger partial charge is 0.465 e. The van der Waals surface area contributed by atoms with Gasteiger partial charge in [0.1, 0.15) is 0 Å². The van der Waals surface area contributed by atoms with Crippen LogP contribution in [0.1, 0.15) is 10.4 Å². The van der Waals surface area contributed by atoms with Crippen LogP contribution in [0.2, 0.25) is 0 Å². The second-order valence-electron chi connectivity index (χ2n) is 4.31. The number of ether oxygens (including phenoxy) is 1. The summed E-state index contributed by atoms with van der Waals surface area (Å²) in [6.45, 7) is -0.103. The van der Waals surface area contributed by atoms with Crippen molar-refractivity contribution < 1.29 is 26.7 Å². The Balaban J connectivity index is 2.83. The van der Waals surface area contributed by atoms with Gasteiger partial charge in [0.05, 0.1) is 24.1 Å². The van der Waals surface area contributed by atoms with Gasteiger partial charge in [0.15, 0.2) is 11.6 Å². The van der Waals surface area contributed by atoms with Gasteiger partial charge in [-0.2, -0.15) is 0 Å². The molecule has 0 spiro atoms. The molecule has 0 aliphatic rings. The normalized spacial score (nSPS) is 11.5. The van der Waals surface area contributed by atoms with Crippen LogP contribution in [0.5, 0.6) is 0 Å². The van der Waals surface area contributed by atoms with Crippen LogP contribution in [0.4, 0.5) is 14.5 Å². The molecule has 0 aromatic heterocycles. The molecule has 1 N–H and O–H groups in total. The Hall–Kier alpha value is -1.74. The molecule has 0 aliphatic carbocycles. The van der Waals surface area contributed by atoms with Crippen LogP contribution in [0.15, 0.2) is 12.1 Å². The Morgan fingerprint density at radius 1 is 1.29 bits per heavy atom. The second kappa shape index (κ2) is 6.81. The monoisotopic (exact) mass is 322 g/mol. The minimum absolute atomic E-state index is 0.103. The van der Waals surface area contributed by atoms with Crippen molar-refractivity contribution in [2.75, 3.05) is 38.8 Å². The summed E-state index contributed by atoms with van der Waals surface area (Å²) in [6.07, 6.45) is 0. The first-order valence-electron chi connectivity index (χ1n) is 5.91. The van der Waals surface area contributed by atoms with Crippen LogP contribution < -0.4 is 5.32 Å². The van der Waals surface area contributed by atoms with Crippen molar-refractivity contribution in [2.45, 2.75) is 0 Å². The maximum Gasteiger partial charge on any atom is 0.340 e. The molecule has 0 saturated carbocycles.